The van der Waals surface area contributed by atoms with Gasteiger partial charge in [-0.3, -0.25) is 9.59 Å². The molecule has 18 heavy (non-hydrogen) atoms. The van der Waals surface area contributed by atoms with Crippen LogP contribution in [-0.2, 0) is 14.3 Å². The molecular formula is C12H16N2O4. The summed E-state index contributed by atoms with van der Waals surface area (Å²) in [6.07, 6.45) is 0. The SMILES string of the molecule is COCC(=O)NCC(=O)Nc1ccc(OC)cc1. The highest BCUT2D eigenvalue weighted by atomic mass is 16.5. The Bertz CT molecular complexity index is 403. The van der Waals surface area contributed by atoms with Crippen molar-refractivity contribution in [3.8, 4) is 5.75 Å². The average molecular weight is 252 g/mol. The van der Waals surface area contributed by atoms with E-state index in [-0.39, 0.29) is 25.0 Å². The maximum absolute atomic E-state index is 11.5. The van der Waals surface area contributed by atoms with Crippen LogP contribution in [0, 0.1) is 0 Å². The van der Waals surface area contributed by atoms with Crippen LogP contribution in [0.2, 0.25) is 0 Å². The van der Waals surface area contributed by atoms with Gasteiger partial charge in [0.1, 0.15) is 12.4 Å². The highest BCUT2D eigenvalue weighted by Crippen LogP contribution is 2.14. The fourth-order valence-corrected chi connectivity index (χ4v) is 1.24. The third kappa shape index (κ3) is 4.84. The molecule has 6 nitrogen and oxygen atoms in total. The molecule has 6 heteroatoms. The largest absolute Gasteiger partial charge is 0.497 e. The van der Waals surface area contributed by atoms with E-state index in [1.54, 1.807) is 31.4 Å². The molecule has 2 amide bonds. The van der Waals surface area contributed by atoms with Crippen molar-refractivity contribution in [3.63, 3.8) is 0 Å². The van der Waals surface area contributed by atoms with Gasteiger partial charge in [-0.1, -0.05) is 0 Å². The summed E-state index contributed by atoms with van der Waals surface area (Å²) in [7, 11) is 2.98. The van der Waals surface area contributed by atoms with Gasteiger partial charge >= 0.3 is 0 Å². The van der Waals surface area contributed by atoms with Crippen molar-refractivity contribution < 1.29 is 19.1 Å². The number of benzene rings is 1. The van der Waals surface area contributed by atoms with E-state index in [2.05, 4.69) is 15.4 Å². The van der Waals surface area contributed by atoms with Crippen LogP contribution in [0.25, 0.3) is 0 Å². The van der Waals surface area contributed by atoms with Crippen molar-refractivity contribution in [1.29, 1.82) is 0 Å². The molecule has 0 saturated carbocycles. The van der Waals surface area contributed by atoms with Crippen molar-refractivity contribution in [2.75, 3.05) is 32.7 Å². The van der Waals surface area contributed by atoms with Crippen LogP contribution in [0.3, 0.4) is 0 Å². The van der Waals surface area contributed by atoms with Crippen LogP contribution in [0.5, 0.6) is 5.75 Å². The normalized spacial score (nSPS) is 9.67. The van der Waals surface area contributed by atoms with Crippen molar-refractivity contribution >= 4 is 17.5 Å². The van der Waals surface area contributed by atoms with Crippen LogP contribution in [0.1, 0.15) is 0 Å². The smallest absolute Gasteiger partial charge is 0.246 e. The molecule has 98 valence electrons. The lowest BCUT2D eigenvalue weighted by Gasteiger charge is -2.07. The molecule has 0 bridgehead atoms. The predicted molar refractivity (Wildman–Crippen MR) is 66.5 cm³/mol. The van der Waals surface area contributed by atoms with Crippen molar-refractivity contribution in [1.82, 2.24) is 5.32 Å². The number of anilines is 1. The molecule has 0 atom stereocenters. The summed E-state index contributed by atoms with van der Waals surface area (Å²) in [6.45, 7) is -0.149. The molecular weight excluding hydrogens is 236 g/mol. The van der Waals surface area contributed by atoms with Gasteiger partial charge in [0, 0.05) is 12.8 Å². The number of hydrogen-bond acceptors (Lipinski definition) is 4. The fourth-order valence-electron chi connectivity index (χ4n) is 1.24. The Morgan fingerprint density at radius 2 is 1.78 bits per heavy atom. The van der Waals surface area contributed by atoms with Gasteiger partial charge in [0.25, 0.3) is 0 Å². The Balaban J connectivity index is 2.37. The summed E-state index contributed by atoms with van der Waals surface area (Å²) in [6, 6.07) is 6.90. The minimum Gasteiger partial charge on any atom is -0.497 e. The van der Waals surface area contributed by atoms with E-state index in [9.17, 15) is 9.59 Å². The van der Waals surface area contributed by atoms with E-state index in [0.717, 1.165) is 0 Å². The first-order valence-electron chi connectivity index (χ1n) is 5.35. The standard InChI is InChI=1S/C12H16N2O4/c1-17-8-12(16)13-7-11(15)14-9-3-5-10(18-2)6-4-9/h3-6H,7-8H2,1-2H3,(H,13,16)(H,14,15). The van der Waals surface area contributed by atoms with Crippen LogP contribution in [0.4, 0.5) is 5.69 Å². The first kappa shape index (κ1) is 14.0. The van der Waals surface area contributed by atoms with Gasteiger partial charge in [-0.05, 0) is 24.3 Å². The molecule has 0 aromatic heterocycles. The van der Waals surface area contributed by atoms with Gasteiger partial charge in [-0.2, -0.15) is 0 Å². The summed E-state index contributed by atoms with van der Waals surface area (Å²) in [5.74, 6) is 0.0772. The van der Waals surface area contributed by atoms with E-state index >= 15 is 0 Å². The zero-order chi connectivity index (χ0) is 13.4. The second-order valence-electron chi connectivity index (χ2n) is 3.49. The molecule has 1 aromatic carbocycles. The topological polar surface area (TPSA) is 76.7 Å². The number of carbonyl (C=O) groups is 2. The Labute approximate surface area is 105 Å². The second-order valence-corrected chi connectivity index (χ2v) is 3.49. The van der Waals surface area contributed by atoms with Crippen molar-refractivity contribution in [3.05, 3.63) is 24.3 Å². The third-order valence-electron chi connectivity index (χ3n) is 2.10. The molecule has 0 spiro atoms. The summed E-state index contributed by atoms with van der Waals surface area (Å²) in [5, 5.41) is 5.07. The Hall–Kier alpha value is -2.08. The highest BCUT2D eigenvalue weighted by Gasteiger charge is 2.05. The molecule has 0 radical (unpaired) electrons. The maximum Gasteiger partial charge on any atom is 0.246 e. The lowest BCUT2D eigenvalue weighted by molar-refractivity contribution is -0.127. The van der Waals surface area contributed by atoms with Gasteiger partial charge in [-0.15, -0.1) is 0 Å². The lowest BCUT2D eigenvalue weighted by atomic mass is 10.3. The number of rotatable bonds is 6. The van der Waals surface area contributed by atoms with E-state index in [1.165, 1.54) is 7.11 Å². The number of hydrogen-bond donors (Lipinski definition) is 2. The molecule has 0 saturated heterocycles. The number of carbonyl (C=O) groups excluding carboxylic acids is 2. The summed E-state index contributed by atoms with van der Waals surface area (Å²) in [4.78, 5) is 22.5. The predicted octanol–water partition coefficient (Wildman–Crippen LogP) is 0.396. The quantitative estimate of drug-likeness (QED) is 0.768. The minimum absolute atomic E-state index is 0.0597. The molecule has 0 heterocycles. The monoisotopic (exact) mass is 252 g/mol. The van der Waals surface area contributed by atoms with Crippen LogP contribution in [0.15, 0.2) is 24.3 Å². The summed E-state index contributed by atoms with van der Waals surface area (Å²) in [5.41, 5.74) is 0.641. The average Bonchev–Trinajstić information content (AvgIpc) is 2.38. The van der Waals surface area contributed by atoms with E-state index in [4.69, 9.17) is 4.74 Å². The zero-order valence-corrected chi connectivity index (χ0v) is 10.4. The summed E-state index contributed by atoms with van der Waals surface area (Å²) >= 11 is 0. The number of ether oxygens (including phenoxy) is 2. The van der Waals surface area contributed by atoms with Crippen LogP contribution >= 0.6 is 0 Å². The molecule has 1 rings (SSSR count). The van der Waals surface area contributed by atoms with Crippen LogP contribution < -0.4 is 15.4 Å². The molecule has 2 N–H and O–H groups in total. The number of methoxy groups -OCH3 is 2. The third-order valence-corrected chi connectivity index (χ3v) is 2.10. The van der Waals surface area contributed by atoms with Gasteiger partial charge in [0.15, 0.2) is 0 Å². The van der Waals surface area contributed by atoms with Gasteiger partial charge in [0.05, 0.1) is 13.7 Å². The molecule has 1 aromatic rings. The lowest BCUT2D eigenvalue weighted by Crippen LogP contribution is -2.34. The Kier molecular flexibility index (Phi) is 5.66. The molecule has 0 aliphatic heterocycles. The molecule has 0 fully saturated rings. The van der Waals surface area contributed by atoms with E-state index in [0.29, 0.717) is 11.4 Å². The van der Waals surface area contributed by atoms with E-state index in [1.807, 2.05) is 0 Å². The van der Waals surface area contributed by atoms with Crippen molar-refractivity contribution in [2.24, 2.45) is 0 Å². The first-order chi connectivity index (χ1) is 8.65. The maximum atomic E-state index is 11.5. The van der Waals surface area contributed by atoms with E-state index < -0.39 is 0 Å². The highest BCUT2D eigenvalue weighted by molar-refractivity contribution is 5.94. The Morgan fingerprint density at radius 1 is 1.11 bits per heavy atom. The number of nitrogens with one attached hydrogen (secondary N) is 2. The van der Waals surface area contributed by atoms with Gasteiger partial charge in [-0.25, -0.2) is 0 Å². The zero-order valence-electron chi connectivity index (χ0n) is 10.4. The van der Waals surface area contributed by atoms with Gasteiger partial charge < -0.3 is 20.1 Å². The van der Waals surface area contributed by atoms with Crippen molar-refractivity contribution in [2.45, 2.75) is 0 Å². The second kappa shape index (κ2) is 7.29. The van der Waals surface area contributed by atoms with Crippen LogP contribution in [-0.4, -0.2) is 39.2 Å². The molecule has 0 unspecified atom stereocenters. The first-order valence-corrected chi connectivity index (χ1v) is 5.35. The number of amides is 2. The summed E-state index contributed by atoms with van der Waals surface area (Å²) < 4.78 is 9.62. The fraction of sp³-hybridized carbons (Fsp3) is 0.333. The molecule has 0 aliphatic carbocycles. The Morgan fingerprint density at radius 3 is 2.33 bits per heavy atom. The van der Waals surface area contributed by atoms with Gasteiger partial charge in [0.2, 0.25) is 11.8 Å². The minimum atomic E-state index is -0.331. The molecule has 0 aliphatic rings.